The molecule has 18 heavy (non-hydrogen) atoms. The number of nitro benzene ring substituents is 1. The van der Waals surface area contributed by atoms with Crippen LogP contribution in [0.1, 0.15) is 37.0 Å². The van der Waals surface area contributed by atoms with E-state index in [0.717, 1.165) is 18.9 Å². The number of nitrogens with zero attached hydrogens (tertiary/aromatic N) is 1. The minimum absolute atomic E-state index is 0.0203. The van der Waals surface area contributed by atoms with Crippen molar-refractivity contribution in [3.8, 4) is 5.75 Å². The van der Waals surface area contributed by atoms with Gasteiger partial charge in [0.25, 0.3) is 5.69 Å². The average Bonchev–Trinajstić information content (AvgIpc) is 2.35. The normalized spacial score (nSPS) is 10.4. The van der Waals surface area contributed by atoms with Crippen molar-refractivity contribution in [2.75, 3.05) is 0 Å². The molecule has 1 aromatic rings. The Bertz CT molecular complexity index is 454. The van der Waals surface area contributed by atoms with E-state index >= 15 is 0 Å². The smallest absolute Gasteiger partial charge is 0.342 e. The summed E-state index contributed by atoms with van der Waals surface area (Å²) >= 11 is 0. The van der Waals surface area contributed by atoms with Gasteiger partial charge < -0.3 is 9.84 Å². The first-order valence-corrected chi connectivity index (χ1v) is 5.68. The Morgan fingerprint density at radius 1 is 1.44 bits per heavy atom. The fraction of sp³-hybridized carbons (Fsp3) is 0.417. The Morgan fingerprint density at radius 3 is 2.50 bits per heavy atom. The van der Waals surface area contributed by atoms with Crippen molar-refractivity contribution in [2.45, 2.75) is 32.8 Å². The lowest BCUT2D eigenvalue weighted by molar-refractivity contribution is -0.385. The number of rotatable bonds is 6. The average molecular weight is 253 g/mol. The summed E-state index contributed by atoms with van der Waals surface area (Å²) in [5.74, 6) is -0.997. The van der Waals surface area contributed by atoms with Crippen LogP contribution in [-0.4, -0.2) is 22.1 Å². The van der Waals surface area contributed by atoms with Crippen LogP contribution >= 0.6 is 0 Å². The first-order valence-electron chi connectivity index (χ1n) is 5.68. The Hall–Kier alpha value is -2.11. The van der Waals surface area contributed by atoms with E-state index in [2.05, 4.69) is 0 Å². The van der Waals surface area contributed by atoms with E-state index in [-0.39, 0.29) is 11.7 Å². The molecule has 0 spiro atoms. The van der Waals surface area contributed by atoms with Crippen molar-refractivity contribution in [2.24, 2.45) is 0 Å². The summed E-state index contributed by atoms with van der Waals surface area (Å²) in [5, 5.41) is 19.6. The van der Waals surface area contributed by atoms with E-state index in [1.54, 1.807) is 0 Å². The summed E-state index contributed by atoms with van der Waals surface area (Å²) in [6, 6.07) is 3.77. The lowest BCUT2D eigenvalue weighted by Gasteiger charge is -2.15. The zero-order valence-corrected chi connectivity index (χ0v) is 10.3. The van der Waals surface area contributed by atoms with Crippen molar-refractivity contribution < 1.29 is 19.6 Å². The fourth-order valence-corrected chi connectivity index (χ4v) is 1.57. The Morgan fingerprint density at radius 2 is 2.06 bits per heavy atom. The topological polar surface area (TPSA) is 89.7 Å². The molecule has 0 fully saturated rings. The highest BCUT2D eigenvalue weighted by Crippen LogP contribution is 2.25. The van der Waals surface area contributed by atoms with Gasteiger partial charge in [-0.1, -0.05) is 13.8 Å². The number of hydrogen-bond donors (Lipinski definition) is 1. The number of ether oxygens (including phenoxy) is 1. The fourth-order valence-electron chi connectivity index (χ4n) is 1.57. The number of carbonyl (C=O) groups is 1. The second-order valence-corrected chi connectivity index (χ2v) is 3.80. The summed E-state index contributed by atoms with van der Waals surface area (Å²) in [4.78, 5) is 20.9. The zero-order chi connectivity index (χ0) is 13.7. The van der Waals surface area contributed by atoms with Crippen LogP contribution in [0.5, 0.6) is 5.75 Å². The minimum atomic E-state index is -1.34. The third-order valence-corrected chi connectivity index (χ3v) is 2.61. The van der Waals surface area contributed by atoms with Gasteiger partial charge in [0.15, 0.2) is 0 Å². The predicted octanol–water partition coefficient (Wildman–Crippen LogP) is 2.86. The molecule has 1 aromatic carbocycles. The van der Waals surface area contributed by atoms with E-state index in [1.165, 1.54) is 12.1 Å². The zero-order valence-electron chi connectivity index (χ0n) is 10.3. The molecule has 0 saturated heterocycles. The molecule has 0 atom stereocenters. The maximum absolute atomic E-state index is 10.9. The van der Waals surface area contributed by atoms with Gasteiger partial charge in [0.1, 0.15) is 11.3 Å². The Labute approximate surface area is 104 Å². The molecular weight excluding hydrogens is 238 g/mol. The maximum atomic E-state index is 10.9. The summed E-state index contributed by atoms with van der Waals surface area (Å²) in [7, 11) is 0. The van der Waals surface area contributed by atoms with E-state index in [1.807, 2.05) is 13.8 Å². The summed E-state index contributed by atoms with van der Waals surface area (Å²) in [6.45, 7) is 3.91. The minimum Gasteiger partial charge on any atom is -0.490 e. The van der Waals surface area contributed by atoms with Crippen molar-refractivity contribution in [3.63, 3.8) is 0 Å². The molecule has 6 heteroatoms. The molecule has 0 heterocycles. The Kier molecular flexibility index (Phi) is 4.65. The van der Waals surface area contributed by atoms with Crippen LogP contribution in [0.25, 0.3) is 0 Å². The van der Waals surface area contributed by atoms with Gasteiger partial charge in [0, 0.05) is 12.1 Å². The van der Waals surface area contributed by atoms with Crippen molar-refractivity contribution in [1.29, 1.82) is 0 Å². The van der Waals surface area contributed by atoms with E-state index < -0.39 is 16.6 Å². The monoisotopic (exact) mass is 253 g/mol. The quantitative estimate of drug-likeness (QED) is 0.621. The van der Waals surface area contributed by atoms with Gasteiger partial charge in [-0.15, -0.1) is 0 Å². The molecule has 0 aromatic heterocycles. The molecule has 0 saturated carbocycles. The van der Waals surface area contributed by atoms with Gasteiger partial charge in [-0.3, -0.25) is 10.1 Å². The van der Waals surface area contributed by atoms with Crippen LogP contribution in [0, 0.1) is 10.1 Å². The molecular formula is C12H15NO5. The van der Waals surface area contributed by atoms with Crippen LogP contribution in [-0.2, 0) is 0 Å². The second kappa shape index (κ2) is 6.00. The summed E-state index contributed by atoms with van der Waals surface area (Å²) in [6.07, 6.45) is 1.55. The van der Waals surface area contributed by atoms with E-state index in [9.17, 15) is 14.9 Å². The highest BCUT2D eigenvalue weighted by Gasteiger charge is 2.21. The first kappa shape index (κ1) is 14.0. The third kappa shape index (κ3) is 3.19. The Balaban J connectivity index is 3.07. The van der Waals surface area contributed by atoms with Crippen LogP contribution in [0.2, 0.25) is 0 Å². The summed E-state index contributed by atoms with van der Waals surface area (Å²) < 4.78 is 5.55. The van der Waals surface area contributed by atoms with E-state index in [0.29, 0.717) is 5.75 Å². The summed E-state index contributed by atoms with van der Waals surface area (Å²) in [5.41, 5.74) is -0.789. The van der Waals surface area contributed by atoms with Gasteiger partial charge >= 0.3 is 5.97 Å². The number of hydrogen-bond acceptors (Lipinski definition) is 4. The molecule has 1 N–H and O–H groups in total. The maximum Gasteiger partial charge on any atom is 0.342 e. The first-order chi connectivity index (χ1) is 8.49. The van der Waals surface area contributed by atoms with Crippen molar-refractivity contribution >= 4 is 11.7 Å². The third-order valence-electron chi connectivity index (χ3n) is 2.61. The molecule has 0 aliphatic heterocycles. The lowest BCUT2D eigenvalue weighted by Crippen LogP contribution is -2.14. The molecule has 0 amide bonds. The number of carboxylic acids is 1. The molecule has 0 radical (unpaired) electrons. The van der Waals surface area contributed by atoms with Crippen LogP contribution in [0.3, 0.4) is 0 Å². The SMILES string of the molecule is CCC(CC)Oc1ccc([N+](=O)[O-])c(C(=O)O)c1. The highest BCUT2D eigenvalue weighted by atomic mass is 16.6. The van der Waals surface area contributed by atoms with Crippen molar-refractivity contribution in [3.05, 3.63) is 33.9 Å². The second-order valence-electron chi connectivity index (χ2n) is 3.80. The van der Waals surface area contributed by atoms with Gasteiger partial charge in [-0.25, -0.2) is 4.79 Å². The lowest BCUT2D eigenvalue weighted by atomic mass is 10.1. The van der Waals surface area contributed by atoms with Gasteiger partial charge in [0.05, 0.1) is 11.0 Å². The van der Waals surface area contributed by atoms with Crippen molar-refractivity contribution in [1.82, 2.24) is 0 Å². The van der Waals surface area contributed by atoms with E-state index in [4.69, 9.17) is 9.84 Å². The highest BCUT2D eigenvalue weighted by molar-refractivity contribution is 5.92. The van der Waals surface area contributed by atoms with Gasteiger partial charge in [0.2, 0.25) is 0 Å². The number of benzene rings is 1. The molecule has 0 aliphatic rings. The molecule has 6 nitrogen and oxygen atoms in total. The number of carboxylic acid groups (broad SMARTS) is 1. The molecule has 0 unspecified atom stereocenters. The predicted molar refractivity (Wildman–Crippen MR) is 65.1 cm³/mol. The largest absolute Gasteiger partial charge is 0.490 e. The number of aromatic carboxylic acids is 1. The van der Waals surface area contributed by atoms with Gasteiger partial charge in [-0.05, 0) is 18.9 Å². The standard InChI is InChI=1S/C12H15NO5/c1-3-8(4-2)18-9-5-6-11(13(16)17)10(7-9)12(14)15/h5-8H,3-4H2,1-2H3,(H,14,15). The van der Waals surface area contributed by atoms with Crippen LogP contribution in [0.15, 0.2) is 18.2 Å². The van der Waals surface area contributed by atoms with Crippen LogP contribution < -0.4 is 4.74 Å². The molecule has 0 bridgehead atoms. The van der Waals surface area contributed by atoms with Gasteiger partial charge in [-0.2, -0.15) is 0 Å². The molecule has 0 aliphatic carbocycles. The molecule has 1 rings (SSSR count). The molecule has 98 valence electrons. The van der Waals surface area contributed by atoms with Crippen LogP contribution in [0.4, 0.5) is 5.69 Å². The number of nitro groups is 1.